The molecule has 0 radical (unpaired) electrons. The predicted octanol–water partition coefficient (Wildman–Crippen LogP) is 3.24. The second-order valence-electron chi connectivity index (χ2n) is 8.41. The number of halogens is 2. The Hall–Kier alpha value is -0.823. The number of alkyl halides is 1. The number of nitrogens with zero attached hydrogens (tertiary/aromatic N) is 3. The van der Waals surface area contributed by atoms with Gasteiger partial charge < -0.3 is 24.6 Å². The fraction of sp³-hybridized carbons (Fsp3) is 0.647. The van der Waals surface area contributed by atoms with Crippen molar-refractivity contribution in [3.05, 3.63) is 16.1 Å². The fourth-order valence-corrected chi connectivity index (χ4v) is 4.66. The van der Waals surface area contributed by atoms with Gasteiger partial charge in [0.25, 0.3) is 0 Å². The van der Waals surface area contributed by atoms with Gasteiger partial charge in [0.15, 0.2) is 20.7 Å². The Labute approximate surface area is 172 Å². The quantitative estimate of drug-likeness (QED) is 0.487. The lowest BCUT2D eigenvalue weighted by Gasteiger charge is -2.37. The summed E-state index contributed by atoms with van der Waals surface area (Å²) < 4.78 is 29.3. The van der Waals surface area contributed by atoms with Crippen LogP contribution in [0.4, 0.5) is 10.2 Å². The smallest absolute Gasteiger partial charge is 0.192 e. The molecule has 0 bridgehead atoms. The summed E-state index contributed by atoms with van der Waals surface area (Å²) in [6.07, 6.45) is -1.55. The van der Waals surface area contributed by atoms with E-state index in [0.717, 1.165) is 3.57 Å². The molecule has 3 rings (SSSR count). The number of hydrogen-bond donors (Lipinski definition) is 2. The number of rotatable bonds is 4. The Kier molecular flexibility index (Phi) is 5.58. The summed E-state index contributed by atoms with van der Waals surface area (Å²) in [7, 11) is -2.03. The van der Waals surface area contributed by atoms with E-state index < -0.39 is 32.9 Å². The maximum Gasteiger partial charge on any atom is 0.192 e. The van der Waals surface area contributed by atoms with Gasteiger partial charge in [-0.1, -0.05) is 20.8 Å². The third kappa shape index (κ3) is 3.73. The van der Waals surface area contributed by atoms with Gasteiger partial charge in [0.2, 0.25) is 0 Å². The van der Waals surface area contributed by atoms with Gasteiger partial charge in [-0.3, -0.25) is 0 Å². The van der Waals surface area contributed by atoms with Crippen LogP contribution < -0.4 is 5.73 Å². The molecule has 4 atom stereocenters. The van der Waals surface area contributed by atoms with Crippen LogP contribution in [0.25, 0.3) is 11.0 Å². The van der Waals surface area contributed by atoms with Crippen LogP contribution in [-0.4, -0.2) is 52.9 Å². The number of hydrogen-bond acceptors (Lipinski definition) is 6. The molecular formula is C17H26FIN4O3Si. The van der Waals surface area contributed by atoms with Gasteiger partial charge in [-0.15, -0.1) is 0 Å². The second-order valence-corrected chi connectivity index (χ2v) is 14.4. The highest BCUT2D eigenvalue weighted by molar-refractivity contribution is 14.1. The molecule has 10 heteroatoms. The lowest BCUT2D eigenvalue weighted by atomic mass is 10.1. The molecular weight excluding hydrogens is 482 g/mol. The Morgan fingerprint density at radius 2 is 2.07 bits per heavy atom. The van der Waals surface area contributed by atoms with Crippen LogP contribution in [0, 0.1) is 3.57 Å². The number of aliphatic hydroxyl groups is 1. The van der Waals surface area contributed by atoms with E-state index in [4.69, 9.17) is 14.9 Å². The number of ether oxygens (including phenoxy) is 1. The SMILES string of the molecule is CC(C)(C)[Si](C)(C)OC[C@H]1O[C@@H](n2cc(I)c3c(N)ncnc32)[C@@H](F)[C@@H]1O. The van der Waals surface area contributed by atoms with Crippen molar-refractivity contribution < 1.29 is 18.7 Å². The molecule has 27 heavy (non-hydrogen) atoms. The molecule has 1 aliphatic rings. The largest absolute Gasteiger partial charge is 0.414 e. The molecule has 150 valence electrons. The first kappa shape index (κ1) is 20.9. The molecule has 7 nitrogen and oxygen atoms in total. The number of nitrogens with two attached hydrogens (primary N) is 1. The monoisotopic (exact) mass is 508 g/mol. The van der Waals surface area contributed by atoms with Gasteiger partial charge in [0.1, 0.15) is 30.0 Å². The summed E-state index contributed by atoms with van der Waals surface area (Å²) >= 11 is 2.10. The van der Waals surface area contributed by atoms with Crippen molar-refractivity contribution in [2.45, 2.75) is 63.5 Å². The fourth-order valence-electron chi connectivity index (χ4n) is 2.83. The molecule has 1 saturated heterocycles. The van der Waals surface area contributed by atoms with E-state index in [1.165, 1.54) is 6.33 Å². The minimum absolute atomic E-state index is 0.0201. The Morgan fingerprint density at radius 1 is 1.41 bits per heavy atom. The average molecular weight is 508 g/mol. The van der Waals surface area contributed by atoms with Gasteiger partial charge in [-0.2, -0.15) is 0 Å². The third-order valence-electron chi connectivity index (χ3n) is 5.58. The lowest BCUT2D eigenvalue weighted by molar-refractivity contribution is -0.0432. The number of anilines is 1. The first-order valence-electron chi connectivity index (χ1n) is 8.82. The second kappa shape index (κ2) is 7.21. The van der Waals surface area contributed by atoms with Gasteiger partial charge >= 0.3 is 0 Å². The standard InChI is InChI=1S/C17H26FIN4O3Si/c1-17(2,3)27(4,5)25-7-10-13(24)12(18)16(26-10)23-6-9(19)11-14(20)21-8-22-15(11)23/h6,8,10,12-13,16,24H,7H2,1-5H3,(H2,20,21,22)/t10-,12+,13-,16-/m1/s1. The van der Waals surface area contributed by atoms with Crippen molar-refractivity contribution in [1.29, 1.82) is 0 Å². The van der Waals surface area contributed by atoms with E-state index in [9.17, 15) is 9.50 Å². The van der Waals surface area contributed by atoms with Gasteiger partial charge in [0, 0.05) is 9.77 Å². The van der Waals surface area contributed by atoms with Crippen molar-refractivity contribution in [2.24, 2.45) is 0 Å². The maximum atomic E-state index is 14.9. The van der Waals surface area contributed by atoms with E-state index in [-0.39, 0.29) is 11.6 Å². The Bertz CT molecular complexity index is 841. The van der Waals surface area contributed by atoms with Gasteiger partial charge in [0.05, 0.1) is 12.0 Å². The van der Waals surface area contributed by atoms with E-state index in [0.29, 0.717) is 16.9 Å². The van der Waals surface area contributed by atoms with Crippen LogP contribution in [0.3, 0.4) is 0 Å². The molecule has 2 aromatic heterocycles. The molecule has 0 saturated carbocycles. The van der Waals surface area contributed by atoms with Crippen molar-refractivity contribution in [3.63, 3.8) is 0 Å². The van der Waals surface area contributed by atoms with Crippen LogP contribution in [-0.2, 0) is 9.16 Å². The third-order valence-corrected chi connectivity index (χ3v) is 10.9. The maximum absolute atomic E-state index is 14.9. The topological polar surface area (TPSA) is 95.4 Å². The van der Waals surface area contributed by atoms with Crippen LogP contribution >= 0.6 is 22.6 Å². The first-order valence-corrected chi connectivity index (χ1v) is 12.8. The van der Waals surface area contributed by atoms with E-state index >= 15 is 0 Å². The zero-order chi connectivity index (χ0) is 20.1. The summed E-state index contributed by atoms with van der Waals surface area (Å²) in [5.74, 6) is 0.329. The molecule has 1 aliphatic heterocycles. The molecule has 0 aromatic carbocycles. The average Bonchev–Trinajstić information content (AvgIpc) is 3.04. The van der Waals surface area contributed by atoms with Crippen molar-refractivity contribution in [1.82, 2.24) is 14.5 Å². The first-order chi connectivity index (χ1) is 12.4. The number of aliphatic hydroxyl groups excluding tert-OH is 1. The minimum atomic E-state index is -2.03. The minimum Gasteiger partial charge on any atom is -0.414 e. The molecule has 0 spiro atoms. The van der Waals surface area contributed by atoms with Crippen LogP contribution in [0.2, 0.25) is 18.1 Å². The van der Waals surface area contributed by atoms with Crippen LogP contribution in [0.5, 0.6) is 0 Å². The zero-order valence-corrected chi connectivity index (χ0v) is 19.3. The van der Waals surface area contributed by atoms with Gasteiger partial charge in [-0.25, -0.2) is 14.4 Å². The molecule has 0 unspecified atom stereocenters. The van der Waals surface area contributed by atoms with Crippen LogP contribution in [0.1, 0.15) is 27.0 Å². The number of nitrogen functional groups attached to an aromatic ring is 1. The van der Waals surface area contributed by atoms with Gasteiger partial charge in [-0.05, 0) is 40.7 Å². The Morgan fingerprint density at radius 3 is 2.70 bits per heavy atom. The summed E-state index contributed by atoms with van der Waals surface area (Å²) in [6, 6.07) is 0. The summed E-state index contributed by atoms with van der Waals surface area (Å²) in [4.78, 5) is 8.21. The lowest BCUT2D eigenvalue weighted by Crippen LogP contribution is -2.44. The highest BCUT2D eigenvalue weighted by Gasteiger charge is 2.47. The molecule has 3 N–H and O–H groups in total. The predicted molar refractivity (Wildman–Crippen MR) is 113 cm³/mol. The molecule has 1 fully saturated rings. The Balaban J connectivity index is 1.83. The molecule has 2 aromatic rings. The summed E-state index contributed by atoms with van der Waals surface area (Å²) in [6.45, 7) is 10.8. The van der Waals surface area contributed by atoms with Crippen molar-refractivity contribution in [3.8, 4) is 0 Å². The van der Waals surface area contributed by atoms with Crippen molar-refractivity contribution in [2.75, 3.05) is 12.3 Å². The number of fused-ring (bicyclic) bond motifs is 1. The normalized spacial score (nSPS) is 26.8. The summed E-state index contributed by atoms with van der Waals surface area (Å²) in [5.41, 5.74) is 6.41. The van der Waals surface area contributed by atoms with Crippen LogP contribution in [0.15, 0.2) is 12.5 Å². The van der Waals surface area contributed by atoms with Crippen molar-refractivity contribution >= 4 is 47.8 Å². The molecule has 0 amide bonds. The molecule has 3 heterocycles. The summed E-state index contributed by atoms with van der Waals surface area (Å²) in [5, 5.41) is 11.1. The number of aromatic nitrogens is 3. The highest BCUT2D eigenvalue weighted by atomic mass is 127. The highest BCUT2D eigenvalue weighted by Crippen LogP contribution is 2.39. The van der Waals surface area contributed by atoms with E-state index in [1.807, 2.05) is 0 Å². The zero-order valence-electron chi connectivity index (χ0n) is 16.1. The van der Waals surface area contributed by atoms with E-state index in [2.05, 4.69) is 66.4 Å². The van der Waals surface area contributed by atoms with E-state index in [1.54, 1.807) is 10.8 Å². The molecule has 0 aliphatic carbocycles.